The maximum absolute atomic E-state index is 6.24. The van der Waals surface area contributed by atoms with Crippen LogP contribution >= 0.6 is 11.6 Å². The summed E-state index contributed by atoms with van der Waals surface area (Å²) >= 11 is 6.24. The normalized spacial score (nSPS) is 27.1. The van der Waals surface area contributed by atoms with E-state index in [1.54, 1.807) is 0 Å². The Morgan fingerprint density at radius 3 is 2.60 bits per heavy atom. The van der Waals surface area contributed by atoms with Crippen LogP contribution in [0, 0.1) is 11.8 Å². The van der Waals surface area contributed by atoms with Crippen LogP contribution in [0.3, 0.4) is 0 Å². The summed E-state index contributed by atoms with van der Waals surface area (Å²) in [5.74, 6) is 1.63. The fraction of sp³-hybridized carbons (Fsp3) is 0.529. The van der Waals surface area contributed by atoms with Crippen molar-refractivity contribution in [3.63, 3.8) is 0 Å². The predicted octanol–water partition coefficient (Wildman–Crippen LogP) is 5.00. The molecule has 1 fully saturated rings. The molecule has 1 aliphatic rings. The molecule has 0 spiro atoms. The largest absolute Gasteiger partial charge is 0.444 e. The van der Waals surface area contributed by atoms with Crippen molar-refractivity contribution in [3.8, 4) is 0 Å². The van der Waals surface area contributed by atoms with Crippen LogP contribution in [-0.2, 0) is 6.54 Å². The first-order valence-electron chi connectivity index (χ1n) is 7.52. The molecule has 3 rings (SSSR count). The summed E-state index contributed by atoms with van der Waals surface area (Å²) in [5.41, 5.74) is 1.97. The molecule has 1 aliphatic carbocycles. The zero-order valence-corrected chi connectivity index (χ0v) is 12.9. The van der Waals surface area contributed by atoms with Gasteiger partial charge in [0.15, 0.2) is 5.22 Å². The number of rotatable bonds is 3. The second-order valence-corrected chi connectivity index (χ2v) is 6.69. The third kappa shape index (κ3) is 2.87. The minimum absolute atomic E-state index is 0.524. The van der Waals surface area contributed by atoms with Gasteiger partial charge in [-0.1, -0.05) is 32.0 Å². The van der Waals surface area contributed by atoms with E-state index in [0.29, 0.717) is 11.3 Å². The molecular formula is C17H22ClNO. The molecule has 2 unspecified atom stereocenters. The van der Waals surface area contributed by atoms with Crippen LogP contribution in [-0.4, -0.2) is 6.04 Å². The first-order chi connectivity index (χ1) is 9.63. The van der Waals surface area contributed by atoms with E-state index in [9.17, 15) is 0 Å². The molecule has 1 saturated carbocycles. The summed E-state index contributed by atoms with van der Waals surface area (Å²) in [6.07, 6.45) is 3.88. The van der Waals surface area contributed by atoms with Crippen molar-refractivity contribution in [2.75, 3.05) is 0 Å². The lowest BCUT2D eigenvalue weighted by Gasteiger charge is -2.32. The van der Waals surface area contributed by atoms with E-state index in [0.717, 1.165) is 34.9 Å². The average Bonchev–Trinajstić information content (AvgIpc) is 2.71. The van der Waals surface area contributed by atoms with Gasteiger partial charge in [0.2, 0.25) is 0 Å². The minimum Gasteiger partial charge on any atom is -0.444 e. The molecule has 0 bridgehead atoms. The Balaban J connectivity index is 1.72. The van der Waals surface area contributed by atoms with E-state index in [1.807, 2.05) is 18.2 Å². The topological polar surface area (TPSA) is 25.2 Å². The summed E-state index contributed by atoms with van der Waals surface area (Å²) in [7, 11) is 0. The fourth-order valence-electron chi connectivity index (χ4n) is 3.59. The highest BCUT2D eigenvalue weighted by Crippen LogP contribution is 2.31. The van der Waals surface area contributed by atoms with Crippen molar-refractivity contribution in [1.82, 2.24) is 5.32 Å². The van der Waals surface area contributed by atoms with Gasteiger partial charge in [0.1, 0.15) is 5.58 Å². The highest BCUT2D eigenvalue weighted by Gasteiger charge is 2.24. The van der Waals surface area contributed by atoms with E-state index in [2.05, 4.69) is 25.2 Å². The lowest BCUT2D eigenvalue weighted by Crippen LogP contribution is -2.35. The maximum Gasteiger partial charge on any atom is 0.199 e. The quantitative estimate of drug-likeness (QED) is 0.861. The number of hydrogen-bond donors (Lipinski definition) is 1. The van der Waals surface area contributed by atoms with Crippen molar-refractivity contribution >= 4 is 22.6 Å². The van der Waals surface area contributed by atoms with Gasteiger partial charge in [-0.2, -0.15) is 0 Å². The number of para-hydroxylation sites is 1. The van der Waals surface area contributed by atoms with Crippen molar-refractivity contribution in [3.05, 3.63) is 35.0 Å². The second-order valence-electron chi connectivity index (χ2n) is 6.35. The van der Waals surface area contributed by atoms with Crippen LogP contribution in [0.4, 0.5) is 0 Å². The zero-order chi connectivity index (χ0) is 14.1. The van der Waals surface area contributed by atoms with Crippen molar-refractivity contribution in [2.24, 2.45) is 11.8 Å². The summed E-state index contributed by atoms with van der Waals surface area (Å²) < 4.78 is 5.61. The highest BCUT2D eigenvalue weighted by molar-refractivity contribution is 6.30. The molecule has 0 aliphatic heterocycles. The van der Waals surface area contributed by atoms with Gasteiger partial charge in [0.25, 0.3) is 0 Å². The Labute approximate surface area is 125 Å². The van der Waals surface area contributed by atoms with Crippen molar-refractivity contribution < 1.29 is 4.42 Å². The third-order valence-electron chi connectivity index (χ3n) is 4.40. The van der Waals surface area contributed by atoms with Gasteiger partial charge in [0.05, 0.1) is 0 Å². The summed E-state index contributed by atoms with van der Waals surface area (Å²) in [5, 5.41) is 5.32. The predicted molar refractivity (Wildman–Crippen MR) is 84.0 cm³/mol. The molecule has 1 aromatic heterocycles. The van der Waals surface area contributed by atoms with Crippen LogP contribution in [0.1, 0.15) is 38.7 Å². The molecule has 0 saturated heterocycles. The van der Waals surface area contributed by atoms with E-state index in [1.165, 1.54) is 19.3 Å². The first kappa shape index (κ1) is 14.0. The van der Waals surface area contributed by atoms with E-state index in [-0.39, 0.29) is 0 Å². The van der Waals surface area contributed by atoms with Gasteiger partial charge in [-0.05, 0) is 48.8 Å². The Kier molecular flexibility index (Phi) is 4.04. The summed E-state index contributed by atoms with van der Waals surface area (Å²) in [6.45, 7) is 5.50. The van der Waals surface area contributed by atoms with Crippen molar-refractivity contribution in [1.29, 1.82) is 0 Å². The molecule has 2 nitrogen and oxygen atoms in total. The Morgan fingerprint density at radius 1 is 1.15 bits per heavy atom. The van der Waals surface area contributed by atoms with E-state index in [4.69, 9.17) is 16.0 Å². The molecule has 2 aromatic rings. The number of hydrogen-bond acceptors (Lipinski definition) is 2. The maximum atomic E-state index is 6.24. The Morgan fingerprint density at radius 2 is 1.85 bits per heavy atom. The van der Waals surface area contributed by atoms with Crippen LogP contribution in [0.25, 0.3) is 11.0 Å². The molecule has 1 aromatic carbocycles. The fourth-order valence-corrected chi connectivity index (χ4v) is 3.85. The lowest BCUT2D eigenvalue weighted by molar-refractivity contribution is 0.238. The summed E-state index contributed by atoms with van der Waals surface area (Å²) in [6, 6.07) is 8.65. The highest BCUT2D eigenvalue weighted by atomic mass is 35.5. The zero-order valence-electron chi connectivity index (χ0n) is 12.2. The van der Waals surface area contributed by atoms with Gasteiger partial charge < -0.3 is 9.73 Å². The van der Waals surface area contributed by atoms with Gasteiger partial charge in [0, 0.05) is 23.5 Å². The summed E-state index contributed by atoms with van der Waals surface area (Å²) in [4.78, 5) is 0. The van der Waals surface area contributed by atoms with Gasteiger partial charge in [-0.15, -0.1) is 0 Å². The standard InChI is InChI=1S/C17H22ClNO/c1-11-7-12(2)9-13(8-11)19-10-15-14-5-3-4-6-16(14)20-17(15)18/h3-6,11-13,19H,7-10H2,1-2H3. The Hall–Kier alpha value is -0.990. The van der Waals surface area contributed by atoms with Gasteiger partial charge in [-0.3, -0.25) is 0 Å². The smallest absolute Gasteiger partial charge is 0.199 e. The lowest BCUT2D eigenvalue weighted by atomic mass is 9.80. The van der Waals surface area contributed by atoms with Gasteiger partial charge >= 0.3 is 0 Å². The van der Waals surface area contributed by atoms with Crippen LogP contribution < -0.4 is 5.32 Å². The average molecular weight is 292 g/mol. The Bertz CT molecular complexity index is 582. The second kappa shape index (κ2) is 5.79. The molecule has 0 amide bonds. The van der Waals surface area contributed by atoms with Crippen LogP contribution in [0.15, 0.2) is 28.7 Å². The molecule has 0 radical (unpaired) electrons. The van der Waals surface area contributed by atoms with Gasteiger partial charge in [-0.25, -0.2) is 0 Å². The van der Waals surface area contributed by atoms with E-state index < -0.39 is 0 Å². The number of nitrogens with one attached hydrogen (secondary N) is 1. The number of furan rings is 1. The molecule has 2 atom stereocenters. The molecule has 108 valence electrons. The molecule has 1 N–H and O–H groups in total. The number of halogens is 1. The molecular weight excluding hydrogens is 270 g/mol. The number of benzene rings is 1. The number of fused-ring (bicyclic) bond motifs is 1. The third-order valence-corrected chi connectivity index (χ3v) is 4.70. The SMILES string of the molecule is CC1CC(C)CC(NCc2c(Cl)oc3ccccc23)C1. The molecule has 3 heteroatoms. The van der Waals surface area contributed by atoms with Crippen LogP contribution in [0.2, 0.25) is 5.22 Å². The van der Waals surface area contributed by atoms with Crippen LogP contribution in [0.5, 0.6) is 0 Å². The monoisotopic (exact) mass is 291 g/mol. The van der Waals surface area contributed by atoms with E-state index >= 15 is 0 Å². The minimum atomic E-state index is 0.524. The van der Waals surface area contributed by atoms with Crippen molar-refractivity contribution in [2.45, 2.75) is 45.7 Å². The molecule has 1 heterocycles. The molecule has 20 heavy (non-hydrogen) atoms. The first-order valence-corrected chi connectivity index (χ1v) is 7.90.